The van der Waals surface area contributed by atoms with E-state index in [2.05, 4.69) is 42.0 Å². The molecule has 0 saturated heterocycles. The Labute approximate surface area is 120 Å². The van der Waals surface area contributed by atoms with Crippen molar-refractivity contribution in [2.45, 2.75) is 63.2 Å². The van der Waals surface area contributed by atoms with Crippen molar-refractivity contribution in [3.63, 3.8) is 0 Å². The van der Waals surface area contributed by atoms with Crippen LogP contribution in [0.5, 0.6) is 0 Å². The summed E-state index contributed by atoms with van der Waals surface area (Å²) in [5.74, 6) is 0. The minimum Gasteiger partial charge on any atom is -0.598 e. The van der Waals surface area contributed by atoms with Gasteiger partial charge in [-0.3, -0.25) is 0 Å². The quantitative estimate of drug-likeness (QED) is 0.859. The molecule has 0 bridgehead atoms. The molecule has 3 heteroatoms. The maximum Gasteiger partial charge on any atom is 0.136 e. The molecule has 1 fully saturated rings. The molecule has 0 heterocycles. The monoisotopic (exact) mass is 279 g/mol. The van der Waals surface area contributed by atoms with Crippen LogP contribution in [0.3, 0.4) is 0 Å². The highest BCUT2D eigenvalue weighted by Crippen LogP contribution is 2.41. The lowest BCUT2D eigenvalue weighted by atomic mass is 9.81. The molecule has 2 nitrogen and oxygen atoms in total. The molecule has 2 rings (SSSR count). The van der Waals surface area contributed by atoms with Crippen molar-refractivity contribution >= 4 is 11.4 Å². The minimum absolute atomic E-state index is 0.189. The fourth-order valence-corrected chi connectivity index (χ4v) is 3.63. The van der Waals surface area contributed by atoms with Gasteiger partial charge in [-0.15, -0.1) is 4.72 Å². The second-order valence-corrected chi connectivity index (χ2v) is 8.86. The highest BCUT2D eigenvalue weighted by atomic mass is 32.2. The zero-order valence-corrected chi connectivity index (χ0v) is 13.2. The van der Waals surface area contributed by atoms with Crippen LogP contribution in [-0.2, 0) is 16.8 Å². The van der Waals surface area contributed by atoms with Crippen molar-refractivity contribution in [3.05, 3.63) is 35.9 Å². The molecule has 19 heavy (non-hydrogen) atoms. The topological polar surface area (TPSA) is 35.1 Å². The van der Waals surface area contributed by atoms with Gasteiger partial charge in [0.25, 0.3) is 0 Å². The van der Waals surface area contributed by atoms with Crippen molar-refractivity contribution in [2.75, 3.05) is 0 Å². The maximum atomic E-state index is 12.2. The van der Waals surface area contributed by atoms with Crippen LogP contribution in [-0.4, -0.2) is 15.3 Å². The summed E-state index contributed by atoms with van der Waals surface area (Å²) in [4.78, 5) is 0. The summed E-state index contributed by atoms with van der Waals surface area (Å²) < 4.78 is 15.3. The van der Waals surface area contributed by atoms with Gasteiger partial charge in [0.15, 0.2) is 0 Å². The molecule has 106 valence electrons. The third kappa shape index (κ3) is 3.53. The summed E-state index contributed by atoms with van der Waals surface area (Å²) in [7, 11) is 0. The Morgan fingerprint density at radius 2 is 1.89 bits per heavy atom. The normalized spacial score (nSPS) is 29.4. The average molecular weight is 279 g/mol. The van der Waals surface area contributed by atoms with E-state index in [1.807, 2.05) is 20.8 Å². The molecule has 0 spiro atoms. The molecule has 2 unspecified atom stereocenters. The first-order chi connectivity index (χ1) is 8.81. The van der Waals surface area contributed by atoms with Crippen LogP contribution in [0.1, 0.15) is 52.5 Å². The predicted molar refractivity (Wildman–Crippen MR) is 82.5 cm³/mol. The summed E-state index contributed by atoms with van der Waals surface area (Å²) >= 11 is -0.967. The molecule has 1 aromatic carbocycles. The van der Waals surface area contributed by atoms with Gasteiger partial charge < -0.3 is 4.55 Å². The van der Waals surface area contributed by atoms with E-state index in [0.717, 1.165) is 19.3 Å². The van der Waals surface area contributed by atoms with Gasteiger partial charge in [0.05, 0.1) is 6.04 Å². The van der Waals surface area contributed by atoms with Crippen molar-refractivity contribution in [1.82, 2.24) is 4.72 Å². The molecular formula is C16H25NOS. The molecule has 0 aromatic heterocycles. The summed E-state index contributed by atoms with van der Waals surface area (Å²) in [5.41, 5.74) is 1.63. The predicted octanol–water partition coefficient (Wildman–Crippen LogP) is 3.55. The fourth-order valence-electron chi connectivity index (χ4n) is 2.77. The summed E-state index contributed by atoms with van der Waals surface area (Å²) in [6.45, 7) is 8.37. The van der Waals surface area contributed by atoms with Gasteiger partial charge in [0.2, 0.25) is 0 Å². The van der Waals surface area contributed by atoms with E-state index in [0.29, 0.717) is 6.04 Å². The van der Waals surface area contributed by atoms with Crippen LogP contribution in [0.15, 0.2) is 30.3 Å². The molecule has 3 atom stereocenters. The first-order valence-corrected chi connectivity index (χ1v) is 8.20. The minimum atomic E-state index is -0.967. The van der Waals surface area contributed by atoms with Crippen LogP contribution < -0.4 is 4.72 Å². The first-order valence-electron chi connectivity index (χ1n) is 7.05. The van der Waals surface area contributed by atoms with E-state index < -0.39 is 11.4 Å². The van der Waals surface area contributed by atoms with Gasteiger partial charge in [0, 0.05) is 11.4 Å². The lowest BCUT2D eigenvalue weighted by Gasteiger charge is -2.28. The van der Waals surface area contributed by atoms with Crippen molar-refractivity contribution in [3.8, 4) is 0 Å². The van der Waals surface area contributed by atoms with Gasteiger partial charge in [0.1, 0.15) is 4.75 Å². The van der Waals surface area contributed by atoms with E-state index >= 15 is 0 Å². The maximum absolute atomic E-state index is 12.2. The van der Waals surface area contributed by atoms with E-state index in [4.69, 9.17) is 0 Å². The van der Waals surface area contributed by atoms with E-state index in [1.165, 1.54) is 5.56 Å². The first kappa shape index (κ1) is 14.9. The van der Waals surface area contributed by atoms with E-state index in [9.17, 15) is 4.55 Å². The summed E-state index contributed by atoms with van der Waals surface area (Å²) in [5, 5.41) is 0. The van der Waals surface area contributed by atoms with Gasteiger partial charge in [-0.25, -0.2) is 0 Å². The van der Waals surface area contributed by atoms with Crippen LogP contribution in [0, 0.1) is 0 Å². The Bertz CT molecular complexity index is 415. The summed E-state index contributed by atoms with van der Waals surface area (Å²) in [6.07, 6.45) is 3.34. The molecule has 1 N–H and O–H groups in total. The Hall–Kier alpha value is -0.510. The van der Waals surface area contributed by atoms with Gasteiger partial charge in [-0.2, -0.15) is 0 Å². The van der Waals surface area contributed by atoms with Crippen molar-refractivity contribution < 1.29 is 4.55 Å². The number of nitrogens with one attached hydrogen (secondary N) is 1. The largest absolute Gasteiger partial charge is 0.598 e. The smallest absolute Gasteiger partial charge is 0.136 e. The highest BCUT2D eigenvalue weighted by molar-refractivity contribution is 7.90. The number of hydrogen-bond donors (Lipinski definition) is 1. The molecule has 0 radical (unpaired) electrons. The molecule has 0 aliphatic heterocycles. The summed E-state index contributed by atoms with van der Waals surface area (Å²) in [6, 6.07) is 11.1. The van der Waals surface area contributed by atoms with Crippen LogP contribution >= 0.6 is 0 Å². The fraction of sp³-hybridized carbons (Fsp3) is 0.625. The van der Waals surface area contributed by atoms with Crippen LogP contribution in [0.4, 0.5) is 0 Å². The number of rotatable bonds is 3. The second-order valence-electron chi connectivity index (χ2n) is 6.87. The van der Waals surface area contributed by atoms with Gasteiger partial charge in [-0.05, 0) is 51.0 Å². The third-order valence-electron chi connectivity index (χ3n) is 4.04. The molecule has 1 saturated carbocycles. The Kier molecular flexibility index (Phi) is 4.29. The molecule has 1 aliphatic carbocycles. The highest BCUT2D eigenvalue weighted by Gasteiger charge is 2.39. The van der Waals surface area contributed by atoms with E-state index in [1.54, 1.807) is 0 Å². The standard InChI is InChI=1S/C16H25NOS/c1-15(2,3)19(18)17-14-10-11-16(4,12-14)13-8-6-5-7-9-13/h5-9,14,17H,10-12H2,1-4H3/t14?,16-,19?/m1/s1. The Morgan fingerprint density at radius 3 is 2.47 bits per heavy atom. The molecule has 0 amide bonds. The Balaban J connectivity index is 2.00. The van der Waals surface area contributed by atoms with Crippen molar-refractivity contribution in [2.24, 2.45) is 0 Å². The zero-order chi connectivity index (χ0) is 14.1. The number of benzene rings is 1. The van der Waals surface area contributed by atoms with Gasteiger partial charge in [-0.1, -0.05) is 37.3 Å². The molecule has 1 aliphatic rings. The lowest BCUT2D eigenvalue weighted by Crippen LogP contribution is -2.44. The molecular weight excluding hydrogens is 254 g/mol. The van der Waals surface area contributed by atoms with E-state index in [-0.39, 0.29) is 10.2 Å². The number of hydrogen-bond acceptors (Lipinski definition) is 2. The van der Waals surface area contributed by atoms with Crippen LogP contribution in [0.2, 0.25) is 0 Å². The van der Waals surface area contributed by atoms with Crippen molar-refractivity contribution in [1.29, 1.82) is 0 Å². The van der Waals surface area contributed by atoms with Gasteiger partial charge >= 0.3 is 0 Å². The Morgan fingerprint density at radius 1 is 1.26 bits per heavy atom. The lowest BCUT2D eigenvalue weighted by molar-refractivity contribution is 0.468. The average Bonchev–Trinajstić information content (AvgIpc) is 2.72. The molecule has 1 aromatic rings. The third-order valence-corrected chi connectivity index (χ3v) is 5.70. The zero-order valence-electron chi connectivity index (χ0n) is 12.4. The van der Waals surface area contributed by atoms with Crippen LogP contribution in [0.25, 0.3) is 0 Å². The second kappa shape index (κ2) is 5.47. The SMILES string of the molecule is CC(C)(C)[S+]([O-])NC1CC[C@@](C)(c2ccccc2)C1.